The lowest BCUT2D eigenvalue weighted by atomic mass is 10.1. The summed E-state index contributed by atoms with van der Waals surface area (Å²) in [6, 6.07) is 4.22. The first-order valence-electron chi connectivity index (χ1n) is 6.12. The highest BCUT2D eigenvalue weighted by Crippen LogP contribution is 2.27. The van der Waals surface area contributed by atoms with Crippen molar-refractivity contribution in [2.75, 3.05) is 19.3 Å². The lowest BCUT2D eigenvalue weighted by molar-refractivity contribution is -0.124. The highest BCUT2D eigenvalue weighted by molar-refractivity contribution is 8.00. The molecule has 19 heavy (non-hydrogen) atoms. The molecular weight excluding hydrogens is 260 g/mol. The van der Waals surface area contributed by atoms with Crippen LogP contribution in [0.4, 0.5) is 0 Å². The number of carbonyl (C=O) groups is 2. The standard InChI is InChI=1S/C14H20N2O2S/c1-9-5-10(2)14(11(3)6-9)19-8-13(18)16-7-12(17)15-4/h5-6H,7-8H2,1-4H3,(H,15,17)(H,16,18). The summed E-state index contributed by atoms with van der Waals surface area (Å²) in [5, 5.41) is 5.04. The normalized spacial score (nSPS) is 10.1. The van der Waals surface area contributed by atoms with Gasteiger partial charge in [0.2, 0.25) is 11.8 Å². The monoisotopic (exact) mass is 280 g/mol. The Morgan fingerprint density at radius 1 is 1.11 bits per heavy atom. The first-order chi connectivity index (χ1) is 8.93. The van der Waals surface area contributed by atoms with Gasteiger partial charge in [-0.3, -0.25) is 9.59 Å². The second-order valence-corrected chi connectivity index (χ2v) is 5.45. The molecule has 0 heterocycles. The van der Waals surface area contributed by atoms with E-state index >= 15 is 0 Å². The van der Waals surface area contributed by atoms with Gasteiger partial charge >= 0.3 is 0 Å². The van der Waals surface area contributed by atoms with Crippen molar-refractivity contribution in [1.82, 2.24) is 10.6 Å². The predicted octanol–water partition coefficient (Wildman–Crippen LogP) is 1.57. The van der Waals surface area contributed by atoms with Gasteiger partial charge in [-0.15, -0.1) is 11.8 Å². The predicted molar refractivity (Wildman–Crippen MR) is 78.5 cm³/mol. The average molecular weight is 280 g/mol. The molecule has 1 aromatic rings. The van der Waals surface area contributed by atoms with E-state index in [0.717, 1.165) is 4.90 Å². The summed E-state index contributed by atoms with van der Waals surface area (Å²) in [6.45, 7) is 6.18. The molecule has 1 rings (SSSR count). The van der Waals surface area contributed by atoms with Crippen molar-refractivity contribution in [2.45, 2.75) is 25.7 Å². The van der Waals surface area contributed by atoms with Gasteiger partial charge in [0.1, 0.15) is 0 Å². The molecule has 4 nitrogen and oxygen atoms in total. The van der Waals surface area contributed by atoms with Crippen molar-refractivity contribution in [3.8, 4) is 0 Å². The first kappa shape index (κ1) is 15.6. The molecule has 0 fully saturated rings. The largest absolute Gasteiger partial charge is 0.358 e. The lowest BCUT2D eigenvalue weighted by Gasteiger charge is -2.10. The molecule has 0 radical (unpaired) electrons. The Labute approximate surface area is 118 Å². The zero-order chi connectivity index (χ0) is 14.4. The summed E-state index contributed by atoms with van der Waals surface area (Å²) >= 11 is 1.51. The second-order valence-electron chi connectivity index (χ2n) is 4.47. The van der Waals surface area contributed by atoms with Crippen LogP contribution in [0.3, 0.4) is 0 Å². The van der Waals surface area contributed by atoms with Gasteiger partial charge in [-0.2, -0.15) is 0 Å². The third-order valence-corrected chi connectivity index (χ3v) is 4.02. The SMILES string of the molecule is CNC(=O)CNC(=O)CSc1c(C)cc(C)cc1C. The zero-order valence-corrected chi connectivity index (χ0v) is 12.6. The van der Waals surface area contributed by atoms with Gasteiger partial charge in [-0.05, 0) is 31.9 Å². The molecule has 1 aromatic carbocycles. The molecule has 0 spiro atoms. The average Bonchev–Trinajstić information content (AvgIpc) is 2.34. The maximum Gasteiger partial charge on any atom is 0.239 e. The number of hydrogen-bond acceptors (Lipinski definition) is 3. The highest BCUT2D eigenvalue weighted by atomic mass is 32.2. The van der Waals surface area contributed by atoms with Gasteiger partial charge in [-0.25, -0.2) is 0 Å². The van der Waals surface area contributed by atoms with E-state index in [1.165, 1.54) is 28.5 Å². The minimum absolute atomic E-state index is 0.0295. The number of likely N-dealkylation sites (N-methyl/N-ethyl adjacent to an activating group) is 1. The molecule has 104 valence electrons. The molecule has 0 unspecified atom stereocenters. The number of rotatable bonds is 5. The molecule has 0 aliphatic carbocycles. The summed E-state index contributed by atoms with van der Waals surface area (Å²) in [4.78, 5) is 23.8. The van der Waals surface area contributed by atoms with E-state index in [9.17, 15) is 9.59 Å². The molecule has 0 saturated heterocycles. The second kappa shape index (κ2) is 7.19. The van der Waals surface area contributed by atoms with Crippen LogP contribution < -0.4 is 10.6 Å². The number of nitrogens with one attached hydrogen (secondary N) is 2. The summed E-state index contributed by atoms with van der Waals surface area (Å²) in [7, 11) is 1.54. The van der Waals surface area contributed by atoms with Crippen LogP contribution in [0.25, 0.3) is 0 Å². The fourth-order valence-corrected chi connectivity index (χ4v) is 2.80. The van der Waals surface area contributed by atoms with Crippen molar-refractivity contribution < 1.29 is 9.59 Å². The van der Waals surface area contributed by atoms with Crippen LogP contribution in [-0.4, -0.2) is 31.2 Å². The number of benzene rings is 1. The number of amides is 2. The van der Waals surface area contributed by atoms with Crippen LogP contribution >= 0.6 is 11.8 Å². The van der Waals surface area contributed by atoms with Gasteiger partial charge in [0, 0.05) is 11.9 Å². The van der Waals surface area contributed by atoms with Gasteiger partial charge in [0.05, 0.1) is 12.3 Å². The van der Waals surface area contributed by atoms with Gasteiger partial charge in [0.25, 0.3) is 0 Å². The van der Waals surface area contributed by atoms with Crippen molar-refractivity contribution in [3.05, 3.63) is 28.8 Å². The molecule has 0 aliphatic rings. The zero-order valence-electron chi connectivity index (χ0n) is 11.8. The highest BCUT2D eigenvalue weighted by Gasteiger charge is 2.08. The van der Waals surface area contributed by atoms with Crippen LogP contribution in [0, 0.1) is 20.8 Å². The minimum atomic E-state index is -0.193. The summed E-state index contributed by atoms with van der Waals surface area (Å²) in [5.41, 5.74) is 3.59. The smallest absolute Gasteiger partial charge is 0.239 e. The first-order valence-corrected chi connectivity index (χ1v) is 7.10. The van der Waals surface area contributed by atoms with Crippen molar-refractivity contribution in [1.29, 1.82) is 0 Å². The van der Waals surface area contributed by atoms with Crippen LogP contribution in [-0.2, 0) is 9.59 Å². The Kier molecular flexibility index (Phi) is 5.89. The van der Waals surface area contributed by atoms with Gasteiger partial charge in [0.15, 0.2) is 0 Å². The van der Waals surface area contributed by atoms with E-state index in [-0.39, 0.29) is 18.4 Å². The molecule has 2 N–H and O–H groups in total. The number of aryl methyl sites for hydroxylation is 3. The Balaban J connectivity index is 2.53. The molecule has 0 aromatic heterocycles. The molecule has 5 heteroatoms. The topological polar surface area (TPSA) is 58.2 Å². The molecule has 0 saturated carbocycles. The summed E-state index contributed by atoms with van der Waals surface area (Å²) in [5.74, 6) is -0.00381. The van der Waals surface area contributed by atoms with Crippen molar-refractivity contribution in [3.63, 3.8) is 0 Å². The van der Waals surface area contributed by atoms with Crippen LogP contribution in [0.1, 0.15) is 16.7 Å². The van der Waals surface area contributed by atoms with Gasteiger partial charge < -0.3 is 10.6 Å². The Morgan fingerprint density at radius 3 is 2.21 bits per heavy atom. The van der Waals surface area contributed by atoms with E-state index in [1.54, 1.807) is 7.05 Å². The third-order valence-electron chi connectivity index (χ3n) is 2.68. The van der Waals surface area contributed by atoms with E-state index in [2.05, 4.69) is 29.7 Å². The van der Waals surface area contributed by atoms with Crippen LogP contribution in [0.2, 0.25) is 0 Å². The number of thioether (sulfide) groups is 1. The number of hydrogen-bond donors (Lipinski definition) is 2. The molecule has 2 amide bonds. The van der Waals surface area contributed by atoms with Gasteiger partial charge in [-0.1, -0.05) is 17.7 Å². The van der Waals surface area contributed by atoms with E-state index in [4.69, 9.17) is 0 Å². The minimum Gasteiger partial charge on any atom is -0.358 e. The molecule has 0 bridgehead atoms. The van der Waals surface area contributed by atoms with Crippen LogP contribution in [0.15, 0.2) is 17.0 Å². The fourth-order valence-electron chi connectivity index (χ4n) is 1.85. The summed E-state index contributed by atoms with van der Waals surface area (Å²) < 4.78 is 0. The van der Waals surface area contributed by atoms with E-state index in [1.807, 2.05) is 13.8 Å². The quantitative estimate of drug-likeness (QED) is 0.805. The van der Waals surface area contributed by atoms with E-state index < -0.39 is 0 Å². The lowest BCUT2D eigenvalue weighted by Crippen LogP contribution is -2.36. The summed E-state index contributed by atoms with van der Waals surface area (Å²) in [6.07, 6.45) is 0. The van der Waals surface area contributed by atoms with E-state index in [0.29, 0.717) is 5.75 Å². The maximum absolute atomic E-state index is 11.6. The Morgan fingerprint density at radius 2 is 1.68 bits per heavy atom. The van der Waals surface area contributed by atoms with Crippen molar-refractivity contribution >= 4 is 23.6 Å². The fraction of sp³-hybridized carbons (Fsp3) is 0.429. The maximum atomic E-state index is 11.6. The molecule has 0 atom stereocenters. The third kappa shape index (κ3) is 4.95. The Bertz CT molecular complexity index is 463. The van der Waals surface area contributed by atoms with Crippen LogP contribution in [0.5, 0.6) is 0 Å². The molecular formula is C14H20N2O2S. The molecule has 0 aliphatic heterocycles. The van der Waals surface area contributed by atoms with Crippen molar-refractivity contribution in [2.24, 2.45) is 0 Å². The Hall–Kier alpha value is -1.49. The number of carbonyl (C=O) groups excluding carboxylic acids is 2.